The predicted octanol–water partition coefficient (Wildman–Crippen LogP) is 3.67. The molecule has 2 atom stereocenters. The maximum Gasteiger partial charge on any atom is 0.0981 e. The van der Waals surface area contributed by atoms with Gasteiger partial charge in [-0.15, -0.1) is 0 Å². The maximum absolute atomic E-state index is 9.63. The Morgan fingerprint density at radius 1 is 0.714 bits per heavy atom. The molecule has 0 amide bonds. The van der Waals surface area contributed by atoms with E-state index in [1.54, 1.807) is 0 Å². The summed E-state index contributed by atoms with van der Waals surface area (Å²) in [6.45, 7) is 1.52. The van der Waals surface area contributed by atoms with E-state index in [1.807, 2.05) is 18.2 Å². The van der Waals surface area contributed by atoms with Gasteiger partial charge in [0.1, 0.15) is 0 Å². The SMILES string of the molecule is C1=CCn2c(cc3ccccc32)C1.OC1Cc2cc3ccccc3n2CC1O. The average Bonchev–Trinajstić information content (AvgIpc) is 3.27. The van der Waals surface area contributed by atoms with Crippen LogP contribution in [0.1, 0.15) is 11.4 Å². The molecular formula is C24H24N2O2. The molecule has 0 aliphatic carbocycles. The number of benzene rings is 2. The molecule has 28 heavy (non-hydrogen) atoms. The van der Waals surface area contributed by atoms with Gasteiger partial charge in [0.15, 0.2) is 0 Å². The second-order valence-corrected chi connectivity index (χ2v) is 7.62. The number of hydrogen-bond acceptors (Lipinski definition) is 2. The molecule has 2 aliphatic heterocycles. The topological polar surface area (TPSA) is 50.3 Å². The third kappa shape index (κ3) is 2.95. The number of nitrogens with zero attached hydrogens (tertiary/aromatic N) is 2. The van der Waals surface area contributed by atoms with Gasteiger partial charge in [-0.2, -0.15) is 0 Å². The van der Waals surface area contributed by atoms with E-state index in [2.05, 4.69) is 63.8 Å². The van der Waals surface area contributed by atoms with Crippen LogP contribution in [-0.4, -0.2) is 31.6 Å². The zero-order valence-electron chi connectivity index (χ0n) is 15.7. The summed E-state index contributed by atoms with van der Waals surface area (Å²) in [6.07, 6.45) is 4.83. The summed E-state index contributed by atoms with van der Waals surface area (Å²) in [5.74, 6) is 0. The van der Waals surface area contributed by atoms with Gasteiger partial charge in [-0.3, -0.25) is 0 Å². The van der Waals surface area contributed by atoms with Gasteiger partial charge in [0.05, 0.1) is 18.8 Å². The highest BCUT2D eigenvalue weighted by Gasteiger charge is 2.26. The summed E-state index contributed by atoms with van der Waals surface area (Å²) < 4.78 is 4.47. The zero-order valence-corrected chi connectivity index (χ0v) is 15.7. The molecule has 2 unspecified atom stereocenters. The van der Waals surface area contributed by atoms with Crippen LogP contribution in [0.25, 0.3) is 21.8 Å². The lowest BCUT2D eigenvalue weighted by atomic mass is 10.0. The summed E-state index contributed by atoms with van der Waals surface area (Å²) in [4.78, 5) is 0. The predicted molar refractivity (Wildman–Crippen MR) is 112 cm³/mol. The molecule has 0 saturated carbocycles. The van der Waals surface area contributed by atoms with Crippen molar-refractivity contribution in [3.05, 3.63) is 84.2 Å². The number of aromatic nitrogens is 2. The Labute approximate surface area is 164 Å². The monoisotopic (exact) mass is 372 g/mol. The third-order valence-electron chi connectivity index (χ3n) is 5.81. The second kappa shape index (κ2) is 6.97. The molecule has 4 heteroatoms. The smallest absolute Gasteiger partial charge is 0.0981 e. The lowest BCUT2D eigenvalue weighted by molar-refractivity contribution is -0.00170. The van der Waals surface area contributed by atoms with Crippen molar-refractivity contribution in [3.8, 4) is 0 Å². The lowest BCUT2D eigenvalue weighted by Gasteiger charge is -2.26. The number of rotatable bonds is 0. The van der Waals surface area contributed by atoms with E-state index in [1.165, 1.54) is 22.0 Å². The van der Waals surface area contributed by atoms with E-state index in [0.717, 1.165) is 24.2 Å². The molecule has 4 aromatic rings. The highest BCUT2D eigenvalue weighted by atomic mass is 16.3. The van der Waals surface area contributed by atoms with Crippen molar-refractivity contribution in [2.75, 3.05) is 0 Å². The molecule has 0 spiro atoms. The molecule has 2 aromatic carbocycles. The van der Waals surface area contributed by atoms with Gasteiger partial charge < -0.3 is 19.3 Å². The van der Waals surface area contributed by atoms with Crippen LogP contribution in [-0.2, 0) is 25.9 Å². The molecule has 0 radical (unpaired) electrons. The van der Waals surface area contributed by atoms with Gasteiger partial charge >= 0.3 is 0 Å². The summed E-state index contributed by atoms with van der Waals surface area (Å²) in [6, 6.07) is 21.1. The Kier molecular flexibility index (Phi) is 4.30. The van der Waals surface area contributed by atoms with Gasteiger partial charge in [-0.25, -0.2) is 0 Å². The average molecular weight is 372 g/mol. The molecule has 2 N–H and O–H groups in total. The van der Waals surface area contributed by atoms with E-state index in [4.69, 9.17) is 0 Å². The van der Waals surface area contributed by atoms with Crippen molar-refractivity contribution >= 4 is 21.8 Å². The molecule has 6 rings (SSSR count). The van der Waals surface area contributed by atoms with Crippen molar-refractivity contribution in [2.45, 2.75) is 38.1 Å². The first kappa shape index (κ1) is 17.3. The third-order valence-corrected chi connectivity index (χ3v) is 5.81. The molecule has 2 aromatic heterocycles. The van der Waals surface area contributed by atoms with Gasteiger partial charge in [-0.05, 0) is 35.0 Å². The Bertz CT molecular complexity index is 1170. The van der Waals surface area contributed by atoms with E-state index in [-0.39, 0.29) is 0 Å². The first-order valence-corrected chi connectivity index (χ1v) is 9.86. The molecule has 4 nitrogen and oxygen atoms in total. The van der Waals surface area contributed by atoms with Gasteiger partial charge in [0.2, 0.25) is 0 Å². The fourth-order valence-corrected chi connectivity index (χ4v) is 4.35. The van der Waals surface area contributed by atoms with Crippen molar-refractivity contribution in [1.29, 1.82) is 0 Å². The number of fused-ring (bicyclic) bond motifs is 6. The summed E-state index contributed by atoms with van der Waals surface area (Å²) >= 11 is 0. The number of aliphatic hydroxyl groups excluding tert-OH is 2. The molecule has 0 saturated heterocycles. The number of allylic oxidation sites excluding steroid dienone is 2. The van der Waals surface area contributed by atoms with Crippen LogP contribution in [0, 0.1) is 0 Å². The molecule has 142 valence electrons. The first-order chi connectivity index (χ1) is 13.7. The van der Waals surface area contributed by atoms with Crippen molar-refractivity contribution in [1.82, 2.24) is 9.13 Å². The van der Waals surface area contributed by atoms with Crippen LogP contribution in [0.2, 0.25) is 0 Å². The largest absolute Gasteiger partial charge is 0.390 e. The quantitative estimate of drug-likeness (QED) is 0.463. The summed E-state index contributed by atoms with van der Waals surface area (Å²) in [5.41, 5.74) is 5.04. The van der Waals surface area contributed by atoms with Crippen LogP contribution in [0.3, 0.4) is 0 Å². The number of hydrogen-bond donors (Lipinski definition) is 2. The van der Waals surface area contributed by atoms with Crippen LogP contribution < -0.4 is 0 Å². The van der Waals surface area contributed by atoms with Crippen LogP contribution in [0.4, 0.5) is 0 Å². The highest BCUT2D eigenvalue weighted by molar-refractivity contribution is 5.82. The van der Waals surface area contributed by atoms with E-state index < -0.39 is 12.2 Å². The normalized spacial score (nSPS) is 20.5. The second-order valence-electron chi connectivity index (χ2n) is 7.62. The lowest BCUT2D eigenvalue weighted by Crippen LogP contribution is -2.37. The van der Waals surface area contributed by atoms with Crippen LogP contribution in [0.15, 0.2) is 72.8 Å². The minimum atomic E-state index is -0.645. The van der Waals surface area contributed by atoms with E-state index >= 15 is 0 Å². The van der Waals surface area contributed by atoms with Gasteiger partial charge in [0, 0.05) is 41.8 Å². The molecular weight excluding hydrogens is 348 g/mol. The molecule has 0 fully saturated rings. The molecule has 2 aliphatic rings. The Morgan fingerprint density at radius 3 is 2.11 bits per heavy atom. The van der Waals surface area contributed by atoms with E-state index in [0.29, 0.717) is 13.0 Å². The Balaban J connectivity index is 0.000000123. The van der Waals surface area contributed by atoms with Gasteiger partial charge in [-0.1, -0.05) is 48.6 Å². The Morgan fingerprint density at radius 2 is 1.36 bits per heavy atom. The van der Waals surface area contributed by atoms with Crippen molar-refractivity contribution < 1.29 is 10.2 Å². The first-order valence-electron chi connectivity index (χ1n) is 9.86. The Hall–Kier alpha value is -2.82. The van der Waals surface area contributed by atoms with Crippen molar-refractivity contribution in [2.24, 2.45) is 0 Å². The number of para-hydroxylation sites is 2. The highest BCUT2D eigenvalue weighted by Crippen LogP contribution is 2.25. The molecule has 0 bridgehead atoms. The fraction of sp³-hybridized carbons (Fsp3) is 0.250. The van der Waals surface area contributed by atoms with Crippen LogP contribution in [0.5, 0.6) is 0 Å². The summed E-state index contributed by atoms with van der Waals surface area (Å²) in [5, 5.41) is 21.8. The summed E-state index contributed by atoms with van der Waals surface area (Å²) in [7, 11) is 0. The van der Waals surface area contributed by atoms with Gasteiger partial charge in [0.25, 0.3) is 0 Å². The zero-order chi connectivity index (χ0) is 19.1. The minimum Gasteiger partial charge on any atom is -0.390 e. The number of aliphatic hydroxyl groups is 2. The minimum absolute atomic E-state index is 0.490. The van der Waals surface area contributed by atoms with Crippen molar-refractivity contribution in [3.63, 3.8) is 0 Å². The fourth-order valence-electron chi connectivity index (χ4n) is 4.35. The maximum atomic E-state index is 9.63. The van der Waals surface area contributed by atoms with Crippen LogP contribution >= 0.6 is 0 Å². The standard InChI is InChI=1S/C12H13NO2.C12H11N/c14-11-6-9-5-8-3-1-2-4-10(8)13(9)7-12(11)15;1-2-7-12-10(5-1)9-11-6-3-4-8-13(11)12/h1-5,11-12,14-15H,6-7H2;1-5,7,9H,6,8H2. The van der Waals surface area contributed by atoms with E-state index in [9.17, 15) is 10.2 Å². The molecule has 4 heterocycles.